The van der Waals surface area contributed by atoms with E-state index in [0.29, 0.717) is 12.4 Å². The molecule has 1 fully saturated rings. The molecule has 2 N–H and O–H groups in total. The summed E-state index contributed by atoms with van der Waals surface area (Å²) in [7, 11) is 1.64. The topological polar surface area (TPSA) is 97.2 Å². The number of aromatic nitrogens is 1. The van der Waals surface area contributed by atoms with Crippen LogP contribution < -0.4 is 10.6 Å². The van der Waals surface area contributed by atoms with Gasteiger partial charge in [0.15, 0.2) is 0 Å². The van der Waals surface area contributed by atoms with E-state index in [1.54, 1.807) is 18.8 Å². The van der Waals surface area contributed by atoms with E-state index in [2.05, 4.69) is 15.6 Å². The first kappa shape index (κ1) is 14.6. The van der Waals surface area contributed by atoms with Gasteiger partial charge in [0, 0.05) is 24.4 Å². The summed E-state index contributed by atoms with van der Waals surface area (Å²) < 4.78 is 0.114. The van der Waals surface area contributed by atoms with Gasteiger partial charge in [0.05, 0.1) is 4.92 Å². The SMILES string of the molecule is CNc1cc(C(=O)NCC2(SC)CC2)c([N+](=O)[O-])cn1. The van der Waals surface area contributed by atoms with E-state index in [9.17, 15) is 14.9 Å². The molecule has 0 unspecified atom stereocenters. The predicted octanol–water partition coefficient (Wildman–Crippen LogP) is 1.66. The number of nitrogens with zero attached hydrogens (tertiary/aromatic N) is 2. The van der Waals surface area contributed by atoms with Crippen molar-refractivity contribution < 1.29 is 9.72 Å². The van der Waals surface area contributed by atoms with E-state index < -0.39 is 10.8 Å². The van der Waals surface area contributed by atoms with Crippen LogP contribution in [0.25, 0.3) is 0 Å². The zero-order valence-electron chi connectivity index (χ0n) is 11.3. The lowest BCUT2D eigenvalue weighted by Gasteiger charge is -2.13. The van der Waals surface area contributed by atoms with E-state index in [0.717, 1.165) is 19.0 Å². The molecule has 0 aromatic carbocycles. The monoisotopic (exact) mass is 296 g/mol. The van der Waals surface area contributed by atoms with Crippen LogP contribution in [0.2, 0.25) is 0 Å². The van der Waals surface area contributed by atoms with Crippen LogP contribution in [0.4, 0.5) is 11.5 Å². The average molecular weight is 296 g/mol. The number of nitro groups is 1. The molecule has 0 aliphatic heterocycles. The van der Waals surface area contributed by atoms with Gasteiger partial charge in [-0.2, -0.15) is 11.8 Å². The molecule has 8 heteroatoms. The third-order valence-electron chi connectivity index (χ3n) is 3.39. The zero-order chi connectivity index (χ0) is 14.8. The van der Waals surface area contributed by atoms with Gasteiger partial charge in [-0.15, -0.1) is 0 Å². The highest BCUT2D eigenvalue weighted by molar-refractivity contribution is 8.00. The van der Waals surface area contributed by atoms with Crippen molar-refractivity contribution in [3.8, 4) is 0 Å². The van der Waals surface area contributed by atoms with Crippen molar-refractivity contribution in [2.75, 3.05) is 25.2 Å². The van der Waals surface area contributed by atoms with Crippen LogP contribution in [-0.2, 0) is 0 Å². The van der Waals surface area contributed by atoms with Crippen LogP contribution in [0.15, 0.2) is 12.3 Å². The molecule has 2 rings (SSSR count). The van der Waals surface area contributed by atoms with Crippen LogP contribution in [0.5, 0.6) is 0 Å². The fourth-order valence-electron chi connectivity index (χ4n) is 1.84. The lowest BCUT2D eigenvalue weighted by Crippen LogP contribution is -2.32. The molecule has 1 aromatic rings. The van der Waals surface area contributed by atoms with E-state index >= 15 is 0 Å². The van der Waals surface area contributed by atoms with Crippen LogP contribution >= 0.6 is 11.8 Å². The maximum atomic E-state index is 12.1. The van der Waals surface area contributed by atoms with Crippen molar-refractivity contribution in [2.45, 2.75) is 17.6 Å². The van der Waals surface area contributed by atoms with Gasteiger partial charge in [0.1, 0.15) is 17.6 Å². The Morgan fingerprint density at radius 1 is 1.60 bits per heavy atom. The van der Waals surface area contributed by atoms with Crippen molar-refractivity contribution in [1.82, 2.24) is 10.3 Å². The summed E-state index contributed by atoms with van der Waals surface area (Å²) in [5.74, 6) is -0.0114. The first-order chi connectivity index (χ1) is 9.51. The minimum Gasteiger partial charge on any atom is -0.373 e. The second-order valence-electron chi connectivity index (χ2n) is 4.66. The minimum absolute atomic E-state index is 0.0336. The number of nitrogens with one attached hydrogen (secondary N) is 2. The number of anilines is 1. The fraction of sp³-hybridized carbons (Fsp3) is 0.500. The second-order valence-corrected chi connectivity index (χ2v) is 5.94. The van der Waals surface area contributed by atoms with Gasteiger partial charge < -0.3 is 10.6 Å². The number of pyridine rings is 1. The smallest absolute Gasteiger partial charge is 0.300 e. The molecule has 0 atom stereocenters. The first-order valence-corrected chi connectivity index (χ1v) is 7.39. The van der Waals surface area contributed by atoms with E-state index in [-0.39, 0.29) is 16.0 Å². The summed E-state index contributed by atoms with van der Waals surface area (Å²) in [5, 5.41) is 16.5. The molecule has 0 radical (unpaired) electrons. The molecular weight excluding hydrogens is 280 g/mol. The molecule has 7 nitrogen and oxygen atoms in total. The standard InChI is InChI=1S/C12H16N4O3S/c1-13-10-5-8(9(6-14-10)16(18)19)11(17)15-7-12(20-2)3-4-12/h5-6H,3-4,7H2,1-2H3,(H,13,14)(H,15,17). The predicted molar refractivity (Wildman–Crippen MR) is 78.3 cm³/mol. The minimum atomic E-state index is -0.594. The van der Waals surface area contributed by atoms with Crippen LogP contribution in [0.1, 0.15) is 23.2 Å². The molecule has 20 heavy (non-hydrogen) atoms. The molecule has 0 saturated heterocycles. The van der Waals surface area contributed by atoms with Crippen molar-refractivity contribution in [2.24, 2.45) is 0 Å². The van der Waals surface area contributed by atoms with Crippen molar-refractivity contribution in [3.05, 3.63) is 27.9 Å². The van der Waals surface area contributed by atoms with E-state index in [1.807, 2.05) is 6.26 Å². The lowest BCUT2D eigenvalue weighted by atomic mass is 10.2. The van der Waals surface area contributed by atoms with Gasteiger partial charge in [-0.3, -0.25) is 14.9 Å². The molecule has 1 heterocycles. The normalized spacial score (nSPS) is 15.5. The maximum Gasteiger partial charge on any atom is 0.300 e. The summed E-state index contributed by atoms with van der Waals surface area (Å²) in [4.78, 5) is 26.4. The third-order valence-corrected chi connectivity index (χ3v) is 4.81. The summed E-state index contributed by atoms with van der Waals surface area (Å²) in [6.07, 6.45) is 5.23. The largest absolute Gasteiger partial charge is 0.373 e. The van der Waals surface area contributed by atoms with Gasteiger partial charge in [-0.1, -0.05) is 0 Å². The van der Waals surface area contributed by atoms with Crippen molar-refractivity contribution in [1.29, 1.82) is 0 Å². The van der Waals surface area contributed by atoms with Crippen LogP contribution in [0.3, 0.4) is 0 Å². The molecule has 1 aliphatic carbocycles. The quantitative estimate of drug-likeness (QED) is 0.612. The van der Waals surface area contributed by atoms with Gasteiger partial charge >= 0.3 is 0 Å². The van der Waals surface area contributed by atoms with E-state index in [1.165, 1.54) is 6.07 Å². The van der Waals surface area contributed by atoms with Crippen molar-refractivity contribution >= 4 is 29.2 Å². The Morgan fingerprint density at radius 3 is 2.80 bits per heavy atom. The average Bonchev–Trinajstić information content (AvgIpc) is 3.24. The number of carbonyl (C=O) groups is 1. The fourth-order valence-corrected chi connectivity index (χ4v) is 2.57. The molecule has 108 valence electrons. The summed E-state index contributed by atoms with van der Waals surface area (Å²) >= 11 is 1.72. The molecule has 0 bridgehead atoms. The Labute approximate surface area is 120 Å². The number of thioether (sulfide) groups is 1. The zero-order valence-corrected chi connectivity index (χ0v) is 12.1. The number of rotatable bonds is 6. The maximum absolute atomic E-state index is 12.1. The van der Waals surface area contributed by atoms with Gasteiger partial charge in [-0.25, -0.2) is 4.98 Å². The highest BCUT2D eigenvalue weighted by Gasteiger charge is 2.42. The summed E-state index contributed by atoms with van der Waals surface area (Å²) in [6.45, 7) is 0.529. The molecule has 1 amide bonds. The first-order valence-electron chi connectivity index (χ1n) is 6.17. The Balaban J connectivity index is 2.16. The Kier molecular flexibility index (Phi) is 4.12. The van der Waals surface area contributed by atoms with Gasteiger partial charge in [-0.05, 0) is 19.1 Å². The molecule has 0 spiro atoms. The number of hydrogen-bond acceptors (Lipinski definition) is 6. The number of amides is 1. The molecule has 1 aromatic heterocycles. The highest BCUT2D eigenvalue weighted by atomic mass is 32.2. The summed E-state index contributed by atoms with van der Waals surface area (Å²) in [5.41, 5.74) is -0.248. The molecule has 1 saturated carbocycles. The third kappa shape index (κ3) is 3.01. The van der Waals surface area contributed by atoms with Crippen molar-refractivity contribution in [3.63, 3.8) is 0 Å². The van der Waals surface area contributed by atoms with Gasteiger partial charge in [0.25, 0.3) is 11.6 Å². The van der Waals surface area contributed by atoms with Crippen LogP contribution in [-0.4, -0.2) is 40.4 Å². The molecule has 1 aliphatic rings. The number of carbonyl (C=O) groups excluding carboxylic acids is 1. The lowest BCUT2D eigenvalue weighted by molar-refractivity contribution is -0.385. The Hall–Kier alpha value is -1.83. The highest BCUT2D eigenvalue weighted by Crippen LogP contribution is 2.46. The number of hydrogen-bond donors (Lipinski definition) is 2. The van der Waals surface area contributed by atoms with Gasteiger partial charge in [0.2, 0.25) is 0 Å². The Bertz CT molecular complexity index is 546. The summed E-state index contributed by atoms with van der Waals surface area (Å²) in [6, 6.07) is 1.39. The van der Waals surface area contributed by atoms with Crippen LogP contribution in [0, 0.1) is 10.1 Å². The van der Waals surface area contributed by atoms with E-state index in [4.69, 9.17) is 0 Å². The second kappa shape index (κ2) is 5.66. The molecular formula is C12H16N4O3S. The Morgan fingerprint density at radius 2 is 2.30 bits per heavy atom.